The Hall–Kier alpha value is -1.16. The quantitative estimate of drug-likeness (QED) is 0.315. The number of ether oxygens (including phenoxy) is 1. The molecule has 1 aliphatic heterocycles. The van der Waals surface area contributed by atoms with Gasteiger partial charge < -0.3 is 9.84 Å². The molecule has 0 aromatic heterocycles. The number of unbranched alkanes of at least 4 members (excludes halogenated alkanes) is 8. The highest BCUT2D eigenvalue weighted by molar-refractivity contribution is 6.36. The second-order valence-corrected chi connectivity index (χ2v) is 6.98. The van der Waals surface area contributed by atoms with Gasteiger partial charge in [-0.25, -0.2) is 4.99 Å². The number of nitrogens with zero attached hydrogens (tertiary/aromatic N) is 1. The smallest absolute Gasteiger partial charge is 0.253 e. The number of hydrogen-bond acceptors (Lipinski definition) is 4. The molecule has 1 rings (SSSR count). The molecular weight excluding hydrogens is 314 g/mol. The van der Waals surface area contributed by atoms with Crippen molar-refractivity contribution in [1.82, 2.24) is 0 Å². The summed E-state index contributed by atoms with van der Waals surface area (Å²) in [5, 5.41) is 9.88. The van der Waals surface area contributed by atoms with Crippen LogP contribution in [0.5, 0.6) is 0 Å². The zero-order valence-electron chi connectivity index (χ0n) is 16.0. The van der Waals surface area contributed by atoms with E-state index in [4.69, 9.17) is 4.74 Å². The van der Waals surface area contributed by atoms with Gasteiger partial charge in [0.2, 0.25) is 5.78 Å². The third kappa shape index (κ3) is 11.9. The molecule has 0 fully saturated rings. The molecule has 1 heterocycles. The molecule has 1 aliphatic rings. The third-order valence-corrected chi connectivity index (χ3v) is 4.56. The fraction of sp³-hybridized carbons (Fsp3) is 0.810. The van der Waals surface area contributed by atoms with Crippen LogP contribution in [0.4, 0.5) is 0 Å². The van der Waals surface area contributed by atoms with E-state index in [0.717, 1.165) is 38.5 Å². The Morgan fingerprint density at radius 2 is 1.88 bits per heavy atom. The van der Waals surface area contributed by atoms with E-state index in [-0.39, 0.29) is 11.9 Å². The average molecular weight is 352 g/mol. The molecule has 0 radical (unpaired) electrons. The molecule has 25 heavy (non-hydrogen) atoms. The van der Waals surface area contributed by atoms with Gasteiger partial charge in [-0.3, -0.25) is 4.79 Å². The Morgan fingerprint density at radius 1 is 1.12 bits per heavy atom. The Kier molecular flexibility index (Phi) is 13.2. The van der Waals surface area contributed by atoms with Crippen molar-refractivity contribution in [3.8, 4) is 0 Å². The molecule has 0 spiro atoms. The highest BCUT2D eigenvalue weighted by atomic mass is 16.5. The van der Waals surface area contributed by atoms with Crippen molar-refractivity contribution in [2.75, 3.05) is 13.2 Å². The third-order valence-electron chi connectivity index (χ3n) is 4.56. The number of allylic oxidation sites excluding steroid dienone is 1. The molecule has 4 nitrogen and oxygen atoms in total. The molecule has 0 aliphatic carbocycles. The van der Waals surface area contributed by atoms with Gasteiger partial charge in [-0.2, -0.15) is 0 Å². The van der Waals surface area contributed by atoms with Crippen LogP contribution >= 0.6 is 0 Å². The number of Topliss-reactive ketones (excluding diaryl/α,β-unsaturated/α-hetero) is 1. The van der Waals surface area contributed by atoms with Crippen LogP contribution in [0, 0.1) is 0 Å². The Morgan fingerprint density at radius 3 is 2.64 bits per heavy atom. The van der Waals surface area contributed by atoms with Gasteiger partial charge in [0.1, 0.15) is 6.61 Å². The standard InChI is InChI=1S/C21H37NO3/c1-2-3-4-11-14-19(23)15-12-9-7-5-6-8-10-13-16-20(24)21-22-17-18-25-21/h9,12,19,23H,2-8,10-11,13-18H2,1H3/b12-9-/t19-/m1/s1. The van der Waals surface area contributed by atoms with E-state index < -0.39 is 0 Å². The van der Waals surface area contributed by atoms with Gasteiger partial charge in [-0.1, -0.05) is 64.0 Å². The van der Waals surface area contributed by atoms with Crippen molar-refractivity contribution >= 4 is 11.7 Å². The summed E-state index contributed by atoms with van der Waals surface area (Å²) in [6.45, 7) is 3.40. The molecular formula is C21H37NO3. The summed E-state index contributed by atoms with van der Waals surface area (Å²) in [7, 11) is 0. The maximum atomic E-state index is 11.7. The Balaban J connectivity index is 1.85. The van der Waals surface area contributed by atoms with Gasteiger partial charge in [0.25, 0.3) is 5.90 Å². The van der Waals surface area contributed by atoms with E-state index in [1.165, 1.54) is 38.5 Å². The van der Waals surface area contributed by atoms with Crippen LogP contribution in [-0.4, -0.2) is 36.0 Å². The van der Waals surface area contributed by atoms with Crippen LogP contribution in [-0.2, 0) is 9.53 Å². The summed E-state index contributed by atoms with van der Waals surface area (Å²) in [4.78, 5) is 15.8. The highest BCUT2D eigenvalue weighted by Crippen LogP contribution is 2.11. The van der Waals surface area contributed by atoms with Crippen molar-refractivity contribution in [1.29, 1.82) is 0 Å². The van der Waals surface area contributed by atoms with E-state index in [2.05, 4.69) is 24.1 Å². The van der Waals surface area contributed by atoms with Crippen LogP contribution in [0.25, 0.3) is 0 Å². The summed E-state index contributed by atoms with van der Waals surface area (Å²) < 4.78 is 5.17. The molecule has 0 aromatic carbocycles. The maximum Gasteiger partial charge on any atom is 0.253 e. The number of ketones is 1. The number of rotatable bonds is 16. The van der Waals surface area contributed by atoms with Crippen LogP contribution < -0.4 is 0 Å². The zero-order chi connectivity index (χ0) is 18.2. The summed E-state index contributed by atoms with van der Waals surface area (Å²) in [6, 6.07) is 0. The molecule has 0 saturated carbocycles. The summed E-state index contributed by atoms with van der Waals surface area (Å²) >= 11 is 0. The number of hydrogen-bond donors (Lipinski definition) is 1. The summed E-state index contributed by atoms with van der Waals surface area (Å²) in [6.07, 6.45) is 18.0. The highest BCUT2D eigenvalue weighted by Gasteiger charge is 2.15. The van der Waals surface area contributed by atoms with Crippen molar-refractivity contribution < 1.29 is 14.6 Å². The Bertz CT molecular complexity index is 404. The number of carbonyl (C=O) groups excluding carboxylic acids is 1. The topological polar surface area (TPSA) is 58.9 Å². The molecule has 0 bridgehead atoms. The van der Waals surface area contributed by atoms with E-state index in [1.54, 1.807) is 0 Å². The molecule has 1 atom stereocenters. The first-order valence-corrected chi connectivity index (χ1v) is 10.3. The van der Waals surface area contributed by atoms with E-state index in [1.807, 2.05) is 0 Å². The minimum absolute atomic E-state index is 0.0636. The van der Waals surface area contributed by atoms with E-state index in [0.29, 0.717) is 25.5 Å². The largest absolute Gasteiger partial charge is 0.473 e. The predicted octanol–water partition coefficient (Wildman–Crippen LogP) is 4.99. The first-order valence-electron chi connectivity index (χ1n) is 10.3. The van der Waals surface area contributed by atoms with Gasteiger partial charge in [-0.15, -0.1) is 0 Å². The SMILES string of the molecule is CCCCCC[C@@H](O)C/C=C\CCCCCCCC(=O)C1=NCCO1. The van der Waals surface area contributed by atoms with Gasteiger partial charge >= 0.3 is 0 Å². The molecule has 0 amide bonds. The van der Waals surface area contributed by atoms with Gasteiger partial charge in [0, 0.05) is 6.42 Å². The molecule has 4 heteroatoms. The first kappa shape index (κ1) is 21.9. The molecule has 0 saturated heterocycles. The molecule has 0 unspecified atom stereocenters. The fourth-order valence-electron chi connectivity index (χ4n) is 2.98. The Labute approximate surface area is 153 Å². The normalized spacial score (nSPS) is 15.4. The van der Waals surface area contributed by atoms with E-state index >= 15 is 0 Å². The van der Waals surface area contributed by atoms with Gasteiger partial charge in [-0.05, 0) is 32.1 Å². The lowest BCUT2D eigenvalue weighted by Gasteiger charge is -2.07. The zero-order valence-corrected chi connectivity index (χ0v) is 16.0. The molecule has 1 N–H and O–H groups in total. The number of aliphatic hydroxyl groups excluding tert-OH is 1. The molecule has 144 valence electrons. The number of carbonyl (C=O) groups is 1. The minimum Gasteiger partial charge on any atom is -0.473 e. The number of aliphatic imine (C=N–C) groups is 1. The lowest BCUT2D eigenvalue weighted by molar-refractivity contribution is -0.114. The second kappa shape index (κ2) is 15.1. The first-order chi connectivity index (χ1) is 12.2. The predicted molar refractivity (Wildman–Crippen MR) is 104 cm³/mol. The van der Waals surface area contributed by atoms with Crippen LogP contribution in [0.1, 0.15) is 90.4 Å². The fourth-order valence-corrected chi connectivity index (χ4v) is 2.98. The number of aliphatic hydroxyl groups is 1. The van der Waals surface area contributed by atoms with Crippen molar-refractivity contribution in [2.45, 2.75) is 96.5 Å². The molecule has 0 aromatic rings. The summed E-state index contributed by atoms with van der Waals surface area (Å²) in [5.74, 6) is 0.409. The average Bonchev–Trinajstić information content (AvgIpc) is 3.15. The van der Waals surface area contributed by atoms with Crippen LogP contribution in [0.15, 0.2) is 17.1 Å². The monoisotopic (exact) mass is 351 g/mol. The minimum atomic E-state index is -0.168. The van der Waals surface area contributed by atoms with Crippen molar-refractivity contribution in [3.05, 3.63) is 12.2 Å². The van der Waals surface area contributed by atoms with Crippen LogP contribution in [0.3, 0.4) is 0 Å². The second-order valence-electron chi connectivity index (χ2n) is 6.98. The van der Waals surface area contributed by atoms with E-state index in [9.17, 15) is 9.90 Å². The van der Waals surface area contributed by atoms with Crippen LogP contribution in [0.2, 0.25) is 0 Å². The van der Waals surface area contributed by atoms with Gasteiger partial charge in [0.15, 0.2) is 0 Å². The van der Waals surface area contributed by atoms with Crippen molar-refractivity contribution in [2.24, 2.45) is 4.99 Å². The maximum absolute atomic E-state index is 11.7. The lowest BCUT2D eigenvalue weighted by Crippen LogP contribution is -2.13. The van der Waals surface area contributed by atoms with Gasteiger partial charge in [0.05, 0.1) is 12.6 Å². The lowest BCUT2D eigenvalue weighted by atomic mass is 10.1. The van der Waals surface area contributed by atoms with Crippen molar-refractivity contribution in [3.63, 3.8) is 0 Å². The summed E-state index contributed by atoms with van der Waals surface area (Å²) in [5.41, 5.74) is 0.